The molecule has 0 aliphatic carbocycles. The smallest absolute Gasteiger partial charge is 0.183 e. The number of hydrogen-bond donors (Lipinski definition) is 1. The summed E-state index contributed by atoms with van der Waals surface area (Å²) in [6, 6.07) is 6.20. The Bertz CT molecular complexity index is 638. The van der Waals surface area contributed by atoms with Crippen LogP contribution >= 0.6 is 34.5 Å². The first-order chi connectivity index (χ1) is 10.6. The number of nitrogens with one attached hydrogen (secondary N) is 1. The zero-order valence-electron chi connectivity index (χ0n) is 12.4. The lowest BCUT2D eigenvalue weighted by molar-refractivity contribution is 0.313. The maximum atomic E-state index is 6.41. The van der Waals surface area contributed by atoms with Crippen LogP contribution in [0.15, 0.2) is 24.4 Å². The van der Waals surface area contributed by atoms with Crippen molar-refractivity contribution in [1.29, 1.82) is 0 Å². The van der Waals surface area contributed by atoms with E-state index in [0.29, 0.717) is 11.0 Å². The van der Waals surface area contributed by atoms with E-state index < -0.39 is 0 Å². The summed E-state index contributed by atoms with van der Waals surface area (Å²) in [5.74, 6) is 0. The molecule has 0 saturated carbocycles. The number of halogens is 2. The van der Waals surface area contributed by atoms with Gasteiger partial charge in [0.2, 0.25) is 0 Å². The SMILES string of the molecule is CN1CCN(c2ccc(NCc3cnc(Cl)s3)c(Cl)c2)CC1. The molecule has 3 rings (SSSR count). The topological polar surface area (TPSA) is 31.4 Å². The number of rotatable bonds is 4. The molecule has 0 amide bonds. The first kappa shape index (κ1) is 15.9. The van der Waals surface area contributed by atoms with Crippen molar-refractivity contribution < 1.29 is 0 Å². The van der Waals surface area contributed by atoms with Gasteiger partial charge in [-0.15, -0.1) is 11.3 Å². The Morgan fingerprint density at radius 3 is 2.64 bits per heavy atom. The lowest BCUT2D eigenvalue weighted by atomic mass is 10.2. The summed E-state index contributed by atoms with van der Waals surface area (Å²) in [5.41, 5.74) is 2.12. The van der Waals surface area contributed by atoms with E-state index in [9.17, 15) is 0 Å². The molecule has 1 fully saturated rings. The molecule has 2 heterocycles. The van der Waals surface area contributed by atoms with Gasteiger partial charge in [-0.1, -0.05) is 23.2 Å². The van der Waals surface area contributed by atoms with Crippen molar-refractivity contribution in [2.45, 2.75) is 6.54 Å². The van der Waals surface area contributed by atoms with E-state index in [2.05, 4.69) is 33.2 Å². The Morgan fingerprint density at radius 1 is 1.23 bits per heavy atom. The molecule has 0 unspecified atom stereocenters. The standard InChI is InChI=1S/C15H18Cl2N4S/c1-20-4-6-21(7-5-20)11-2-3-14(13(16)8-11)18-9-12-10-19-15(17)22-12/h2-3,8,10,18H,4-7,9H2,1H3. The van der Waals surface area contributed by atoms with Crippen LogP contribution in [0.5, 0.6) is 0 Å². The van der Waals surface area contributed by atoms with Gasteiger partial charge < -0.3 is 15.1 Å². The van der Waals surface area contributed by atoms with Crippen LogP contribution in [0.3, 0.4) is 0 Å². The Morgan fingerprint density at radius 2 is 2.00 bits per heavy atom. The second kappa shape index (κ2) is 7.04. The van der Waals surface area contributed by atoms with Crippen molar-refractivity contribution in [3.8, 4) is 0 Å². The van der Waals surface area contributed by atoms with Gasteiger partial charge in [0, 0.05) is 42.9 Å². The van der Waals surface area contributed by atoms with Crippen molar-refractivity contribution >= 4 is 45.9 Å². The van der Waals surface area contributed by atoms with E-state index in [1.807, 2.05) is 12.1 Å². The number of thiazole rings is 1. The van der Waals surface area contributed by atoms with E-state index in [4.69, 9.17) is 23.2 Å². The first-order valence-corrected chi connectivity index (χ1v) is 8.76. The third kappa shape index (κ3) is 3.84. The van der Waals surface area contributed by atoms with Crippen LogP contribution in [0.4, 0.5) is 11.4 Å². The second-order valence-electron chi connectivity index (χ2n) is 5.39. The molecular weight excluding hydrogens is 339 g/mol. The van der Waals surface area contributed by atoms with Crippen LogP contribution in [0.2, 0.25) is 9.49 Å². The number of benzene rings is 1. The minimum Gasteiger partial charge on any atom is -0.379 e. The normalized spacial score (nSPS) is 16.0. The van der Waals surface area contributed by atoms with E-state index in [0.717, 1.165) is 41.8 Å². The highest BCUT2D eigenvalue weighted by Crippen LogP contribution is 2.29. The highest BCUT2D eigenvalue weighted by atomic mass is 35.5. The molecule has 0 spiro atoms. The fourth-order valence-corrected chi connectivity index (χ4v) is 3.62. The summed E-state index contributed by atoms with van der Waals surface area (Å²) in [6.45, 7) is 4.93. The van der Waals surface area contributed by atoms with Crippen molar-refractivity contribution in [1.82, 2.24) is 9.88 Å². The Balaban J connectivity index is 1.64. The summed E-state index contributed by atoms with van der Waals surface area (Å²) in [5, 5.41) is 4.08. The lowest BCUT2D eigenvalue weighted by Gasteiger charge is -2.34. The second-order valence-corrected chi connectivity index (χ2v) is 7.49. The van der Waals surface area contributed by atoms with Crippen molar-refractivity contribution in [3.63, 3.8) is 0 Å². The molecule has 1 N–H and O–H groups in total. The average Bonchev–Trinajstić information content (AvgIpc) is 2.92. The molecule has 0 atom stereocenters. The average molecular weight is 357 g/mol. The highest BCUT2D eigenvalue weighted by molar-refractivity contribution is 7.15. The molecular formula is C15H18Cl2N4S. The van der Waals surface area contributed by atoms with Gasteiger partial charge in [0.1, 0.15) is 0 Å². The van der Waals surface area contributed by atoms with Crippen LogP contribution < -0.4 is 10.2 Å². The molecule has 1 aliphatic heterocycles. The zero-order chi connectivity index (χ0) is 15.5. The molecule has 0 radical (unpaired) electrons. The maximum Gasteiger partial charge on any atom is 0.183 e. The molecule has 1 saturated heterocycles. The molecule has 1 aromatic heterocycles. The van der Waals surface area contributed by atoms with Gasteiger partial charge in [-0.2, -0.15) is 0 Å². The third-order valence-electron chi connectivity index (χ3n) is 3.80. The first-order valence-electron chi connectivity index (χ1n) is 7.19. The Kier molecular flexibility index (Phi) is 5.08. The van der Waals surface area contributed by atoms with E-state index >= 15 is 0 Å². The Hall–Kier alpha value is -1.01. The molecule has 4 nitrogen and oxygen atoms in total. The summed E-state index contributed by atoms with van der Waals surface area (Å²) < 4.78 is 0.563. The molecule has 7 heteroatoms. The predicted molar refractivity (Wildman–Crippen MR) is 95.6 cm³/mol. The molecule has 1 aromatic carbocycles. The van der Waals surface area contributed by atoms with Crippen molar-refractivity contribution in [3.05, 3.63) is 38.8 Å². The summed E-state index contributed by atoms with van der Waals surface area (Å²) >= 11 is 13.7. The van der Waals surface area contributed by atoms with Crippen LogP contribution in [0.25, 0.3) is 0 Å². The molecule has 2 aromatic rings. The van der Waals surface area contributed by atoms with Crippen LogP contribution in [0.1, 0.15) is 4.88 Å². The number of anilines is 2. The number of hydrogen-bond acceptors (Lipinski definition) is 5. The monoisotopic (exact) mass is 356 g/mol. The van der Waals surface area contributed by atoms with Gasteiger partial charge in [0.05, 0.1) is 17.3 Å². The molecule has 0 bridgehead atoms. The molecule has 22 heavy (non-hydrogen) atoms. The van der Waals surface area contributed by atoms with Crippen LogP contribution in [0, 0.1) is 0 Å². The highest BCUT2D eigenvalue weighted by Gasteiger charge is 2.15. The molecule has 118 valence electrons. The third-order valence-corrected chi connectivity index (χ3v) is 5.23. The number of nitrogens with zero attached hydrogens (tertiary/aromatic N) is 3. The minimum atomic E-state index is 0.563. The number of aromatic nitrogens is 1. The summed E-state index contributed by atoms with van der Waals surface area (Å²) in [7, 11) is 2.16. The van der Waals surface area contributed by atoms with Gasteiger partial charge >= 0.3 is 0 Å². The van der Waals surface area contributed by atoms with Gasteiger partial charge in [-0.3, -0.25) is 0 Å². The predicted octanol–water partition coefficient (Wildman–Crippen LogP) is 3.81. The molecule has 1 aliphatic rings. The fourth-order valence-electron chi connectivity index (χ4n) is 2.46. The maximum absolute atomic E-state index is 6.41. The van der Waals surface area contributed by atoms with Crippen molar-refractivity contribution in [2.24, 2.45) is 0 Å². The van der Waals surface area contributed by atoms with E-state index in [1.54, 1.807) is 6.20 Å². The van der Waals surface area contributed by atoms with Crippen LogP contribution in [-0.2, 0) is 6.54 Å². The van der Waals surface area contributed by atoms with E-state index in [1.165, 1.54) is 17.0 Å². The summed E-state index contributed by atoms with van der Waals surface area (Å²) in [6.07, 6.45) is 1.78. The summed E-state index contributed by atoms with van der Waals surface area (Å²) in [4.78, 5) is 9.84. The van der Waals surface area contributed by atoms with E-state index in [-0.39, 0.29) is 0 Å². The Labute approximate surface area is 144 Å². The minimum absolute atomic E-state index is 0.563. The van der Waals surface area contributed by atoms with Gasteiger partial charge in [0.15, 0.2) is 4.47 Å². The number of likely N-dealkylation sites (N-methyl/N-ethyl adjacent to an activating group) is 1. The number of piperazine rings is 1. The van der Waals surface area contributed by atoms with Gasteiger partial charge in [-0.25, -0.2) is 4.98 Å². The fraction of sp³-hybridized carbons (Fsp3) is 0.400. The van der Waals surface area contributed by atoms with Crippen LogP contribution in [-0.4, -0.2) is 43.1 Å². The zero-order valence-corrected chi connectivity index (χ0v) is 14.7. The van der Waals surface area contributed by atoms with Gasteiger partial charge in [0.25, 0.3) is 0 Å². The van der Waals surface area contributed by atoms with Gasteiger partial charge in [-0.05, 0) is 25.2 Å². The quantitative estimate of drug-likeness (QED) is 0.902. The lowest BCUT2D eigenvalue weighted by Crippen LogP contribution is -2.44. The largest absolute Gasteiger partial charge is 0.379 e. The van der Waals surface area contributed by atoms with Crippen molar-refractivity contribution in [2.75, 3.05) is 43.4 Å².